The fourth-order valence-electron chi connectivity index (χ4n) is 1.92. The smallest absolute Gasteiger partial charge is 0.258 e. The van der Waals surface area contributed by atoms with Crippen molar-refractivity contribution in [3.8, 4) is 0 Å². The van der Waals surface area contributed by atoms with Crippen molar-refractivity contribution >= 4 is 60.1 Å². The molecule has 0 saturated heterocycles. The number of hydrogen-bond acceptors (Lipinski definition) is 3. The van der Waals surface area contributed by atoms with Gasteiger partial charge in [0.2, 0.25) is 0 Å². The lowest BCUT2D eigenvalue weighted by atomic mass is 10.2. The third kappa shape index (κ3) is 3.10. The van der Waals surface area contributed by atoms with E-state index in [4.69, 9.17) is 11.6 Å². The third-order valence-corrected chi connectivity index (χ3v) is 4.68. The number of thiazole rings is 1. The van der Waals surface area contributed by atoms with E-state index in [-0.39, 0.29) is 5.91 Å². The number of carbonyl (C=O) groups is 1. The van der Waals surface area contributed by atoms with Crippen LogP contribution in [0, 0.1) is 6.92 Å². The van der Waals surface area contributed by atoms with Gasteiger partial charge in [-0.2, -0.15) is 0 Å². The molecule has 1 N–H and O–H groups in total. The van der Waals surface area contributed by atoms with E-state index in [1.54, 1.807) is 18.2 Å². The average molecular weight is 382 g/mol. The minimum Gasteiger partial charge on any atom is -0.298 e. The maximum absolute atomic E-state index is 12.2. The molecule has 0 bridgehead atoms. The Balaban J connectivity index is 1.89. The quantitative estimate of drug-likeness (QED) is 0.657. The molecule has 1 heterocycles. The van der Waals surface area contributed by atoms with Gasteiger partial charge in [-0.1, -0.05) is 44.9 Å². The number of aryl methyl sites for hydroxylation is 1. The van der Waals surface area contributed by atoms with Crippen LogP contribution in [-0.2, 0) is 0 Å². The van der Waals surface area contributed by atoms with Gasteiger partial charge in [0.1, 0.15) is 0 Å². The van der Waals surface area contributed by atoms with Crippen LogP contribution in [0.1, 0.15) is 15.9 Å². The van der Waals surface area contributed by atoms with E-state index in [0.29, 0.717) is 15.7 Å². The van der Waals surface area contributed by atoms with E-state index in [9.17, 15) is 4.79 Å². The number of aromatic nitrogens is 1. The van der Waals surface area contributed by atoms with Crippen LogP contribution in [0.4, 0.5) is 5.13 Å². The first-order valence-corrected chi connectivity index (χ1v) is 8.15. The predicted octanol–water partition coefficient (Wildman–Crippen LogP) is 5.27. The number of rotatable bonds is 2. The Morgan fingerprint density at radius 1 is 1.29 bits per heavy atom. The zero-order valence-corrected chi connectivity index (χ0v) is 14.1. The van der Waals surface area contributed by atoms with E-state index in [2.05, 4.69) is 32.3 Å². The van der Waals surface area contributed by atoms with Crippen LogP contribution < -0.4 is 5.32 Å². The molecule has 106 valence electrons. The minimum atomic E-state index is -0.261. The van der Waals surface area contributed by atoms with E-state index < -0.39 is 0 Å². The normalized spacial score (nSPS) is 10.8. The number of hydrogen-bond donors (Lipinski definition) is 1. The van der Waals surface area contributed by atoms with Crippen LogP contribution in [0.2, 0.25) is 5.02 Å². The standard InChI is InChI=1S/C15H10BrClN2OS/c1-8-2-5-12-13(6-8)21-15(18-12)19-14(20)10-4-3-9(16)7-11(10)17/h2-7H,1H3,(H,18,19,20). The lowest BCUT2D eigenvalue weighted by molar-refractivity contribution is 0.102. The molecular formula is C15H10BrClN2OS. The predicted molar refractivity (Wildman–Crippen MR) is 91.5 cm³/mol. The molecule has 0 aliphatic heterocycles. The van der Waals surface area contributed by atoms with Gasteiger partial charge in [-0.3, -0.25) is 10.1 Å². The van der Waals surface area contributed by atoms with Gasteiger partial charge in [0.05, 0.1) is 20.8 Å². The Morgan fingerprint density at radius 2 is 2.10 bits per heavy atom. The number of benzene rings is 2. The number of halogens is 2. The van der Waals surface area contributed by atoms with E-state index in [1.807, 2.05) is 19.1 Å². The number of nitrogens with one attached hydrogen (secondary N) is 1. The van der Waals surface area contributed by atoms with Crippen molar-refractivity contribution < 1.29 is 4.79 Å². The van der Waals surface area contributed by atoms with Gasteiger partial charge in [-0.15, -0.1) is 0 Å². The Hall–Kier alpha value is -1.43. The molecule has 1 amide bonds. The lowest BCUT2D eigenvalue weighted by Crippen LogP contribution is -2.12. The van der Waals surface area contributed by atoms with Crippen LogP contribution in [-0.4, -0.2) is 10.9 Å². The molecule has 21 heavy (non-hydrogen) atoms. The SMILES string of the molecule is Cc1ccc2nc(NC(=O)c3ccc(Br)cc3Cl)sc2c1. The average Bonchev–Trinajstić information content (AvgIpc) is 2.79. The molecule has 1 aromatic heterocycles. The molecule has 0 aliphatic rings. The van der Waals surface area contributed by atoms with Gasteiger partial charge in [-0.25, -0.2) is 4.98 Å². The molecule has 0 radical (unpaired) electrons. The topological polar surface area (TPSA) is 42.0 Å². The van der Waals surface area contributed by atoms with Crippen molar-refractivity contribution in [1.29, 1.82) is 0 Å². The molecule has 0 fully saturated rings. The zero-order chi connectivity index (χ0) is 15.0. The van der Waals surface area contributed by atoms with Gasteiger partial charge in [0, 0.05) is 4.47 Å². The summed E-state index contributed by atoms with van der Waals surface area (Å²) in [5.74, 6) is -0.261. The van der Waals surface area contributed by atoms with Crippen molar-refractivity contribution in [2.75, 3.05) is 5.32 Å². The summed E-state index contributed by atoms with van der Waals surface area (Å²) in [7, 11) is 0. The summed E-state index contributed by atoms with van der Waals surface area (Å²) in [4.78, 5) is 16.6. The van der Waals surface area contributed by atoms with Gasteiger partial charge in [0.15, 0.2) is 5.13 Å². The van der Waals surface area contributed by atoms with E-state index in [0.717, 1.165) is 14.7 Å². The first-order valence-electron chi connectivity index (χ1n) is 6.16. The second kappa shape index (κ2) is 5.75. The van der Waals surface area contributed by atoms with E-state index >= 15 is 0 Å². The van der Waals surface area contributed by atoms with Crippen molar-refractivity contribution in [3.63, 3.8) is 0 Å². The molecule has 2 aromatic carbocycles. The molecule has 6 heteroatoms. The fourth-order valence-corrected chi connectivity index (χ4v) is 3.64. The number of nitrogens with zero attached hydrogens (tertiary/aromatic N) is 1. The molecule has 0 spiro atoms. The van der Waals surface area contributed by atoms with Gasteiger partial charge in [0.25, 0.3) is 5.91 Å². The summed E-state index contributed by atoms with van der Waals surface area (Å²) in [6, 6.07) is 11.2. The molecule has 3 nitrogen and oxygen atoms in total. The van der Waals surface area contributed by atoms with Crippen LogP contribution in [0.3, 0.4) is 0 Å². The lowest BCUT2D eigenvalue weighted by Gasteiger charge is -2.04. The highest BCUT2D eigenvalue weighted by Gasteiger charge is 2.13. The second-order valence-electron chi connectivity index (χ2n) is 4.57. The molecule has 0 saturated carbocycles. The van der Waals surface area contributed by atoms with Crippen LogP contribution >= 0.6 is 38.9 Å². The van der Waals surface area contributed by atoms with Gasteiger partial charge >= 0.3 is 0 Å². The summed E-state index contributed by atoms with van der Waals surface area (Å²) < 4.78 is 1.88. The number of anilines is 1. The first-order chi connectivity index (χ1) is 10.0. The van der Waals surface area contributed by atoms with Crippen LogP contribution in [0.25, 0.3) is 10.2 Å². The molecule has 0 unspecified atom stereocenters. The number of amides is 1. The molecule has 0 aliphatic carbocycles. The van der Waals surface area contributed by atoms with Crippen LogP contribution in [0.5, 0.6) is 0 Å². The van der Waals surface area contributed by atoms with Gasteiger partial charge < -0.3 is 0 Å². The van der Waals surface area contributed by atoms with Crippen molar-refractivity contribution in [3.05, 3.63) is 57.0 Å². The highest BCUT2D eigenvalue weighted by Crippen LogP contribution is 2.28. The molecule has 3 aromatic rings. The number of carbonyl (C=O) groups excluding carboxylic acids is 1. The molecule has 3 rings (SSSR count). The fraction of sp³-hybridized carbons (Fsp3) is 0.0667. The Bertz CT molecular complexity index is 847. The Morgan fingerprint density at radius 3 is 2.86 bits per heavy atom. The Labute approximate surface area is 139 Å². The van der Waals surface area contributed by atoms with Crippen molar-refractivity contribution in [1.82, 2.24) is 4.98 Å². The summed E-state index contributed by atoms with van der Waals surface area (Å²) in [6.07, 6.45) is 0. The zero-order valence-electron chi connectivity index (χ0n) is 11.0. The summed E-state index contributed by atoms with van der Waals surface area (Å²) in [6.45, 7) is 2.03. The molecule has 0 atom stereocenters. The van der Waals surface area contributed by atoms with E-state index in [1.165, 1.54) is 16.9 Å². The third-order valence-electron chi connectivity index (χ3n) is 2.94. The number of fused-ring (bicyclic) bond motifs is 1. The Kier molecular flexibility index (Phi) is 3.97. The van der Waals surface area contributed by atoms with Crippen molar-refractivity contribution in [2.24, 2.45) is 0 Å². The summed E-state index contributed by atoms with van der Waals surface area (Å²) in [5, 5.41) is 3.77. The maximum Gasteiger partial charge on any atom is 0.258 e. The van der Waals surface area contributed by atoms with Crippen molar-refractivity contribution in [2.45, 2.75) is 6.92 Å². The minimum absolute atomic E-state index is 0.261. The molecular weight excluding hydrogens is 372 g/mol. The highest BCUT2D eigenvalue weighted by atomic mass is 79.9. The maximum atomic E-state index is 12.2. The van der Waals surface area contributed by atoms with Crippen LogP contribution in [0.15, 0.2) is 40.9 Å². The monoisotopic (exact) mass is 380 g/mol. The summed E-state index contributed by atoms with van der Waals surface area (Å²) in [5.41, 5.74) is 2.47. The highest BCUT2D eigenvalue weighted by molar-refractivity contribution is 9.10. The largest absolute Gasteiger partial charge is 0.298 e. The first kappa shape index (κ1) is 14.5. The summed E-state index contributed by atoms with van der Waals surface area (Å²) >= 11 is 10.8. The van der Waals surface area contributed by atoms with Gasteiger partial charge in [-0.05, 0) is 42.8 Å². The second-order valence-corrected chi connectivity index (χ2v) is 6.92.